The Balaban J connectivity index is 1.59. The molecule has 0 saturated carbocycles. The Kier molecular flexibility index (Phi) is 5.76. The van der Waals surface area contributed by atoms with Crippen molar-refractivity contribution in [2.24, 2.45) is 16.8 Å². The smallest absolute Gasteiger partial charge is 0.410 e. The highest BCUT2D eigenvalue weighted by Gasteiger charge is 2.41. The van der Waals surface area contributed by atoms with Crippen molar-refractivity contribution in [3.05, 3.63) is 46.6 Å². The van der Waals surface area contributed by atoms with E-state index in [-0.39, 0.29) is 17.9 Å². The maximum absolute atomic E-state index is 12.4. The largest absolute Gasteiger partial charge is 0.444 e. The Hall–Kier alpha value is -2.85. The van der Waals surface area contributed by atoms with Crippen LogP contribution in [0.1, 0.15) is 50.7 Å². The molecule has 8 heteroatoms. The molecule has 0 radical (unpaired) electrons. The number of H-pyrrole nitrogens is 1. The first-order valence-electron chi connectivity index (χ1n) is 10.5. The van der Waals surface area contributed by atoms with E-state index in [2.05, 4.69) is 16.3 Å². The standard InChI is InChI=1S/C23H26ClN5O2/c1-23(2,3)31-22(30)29-10-8-14(9-11-29)20-16(12-25)19(15-6-4-5-7-18(15)24)17-13-26-28-21(17)27-20/h4-7,13-14,16,19H,8-11H2,1-3H3,(H,26,28). The first-order valence-corrected chi connectivity index (χ1v) is 10.9. The normalized spacial score (nSPS) is 21.8. The van der Waals surface area contributed by atoms with Crippen molar-refractivity contribution in [1.29, 1.82) is 5.26 Å². The fraction of sp³-hybridized carbons (Fsp3) is 0.478. The van der Waals surface area contributed by atoms with Gasteiger partial charge in [-0.1, -0.05) is 29.8 Å². The van der Waals surface area contributed by atoms with Crippen molar-refractivity contribution in [2.75, 3.05) is 13.1 Å². The lowest BCUT2D eigenvalue weighted by Gasteiger charge is -2.37. The predicted molar refractivity (Wildman–Crippen MR) is 119 cm³/mol. The molecule has 2 atom stereocenters. The van der Waals surface area contributed by atoms with Crippen LogP contribution in [0.3, 0.4) is 0 Å². The SMILES string of the molecule is CC(C)(C)OC(=O)N1CCC(C2=Nc3[nH]ncc3C(c3ccccc3Cl)C2C#N)CC1. The topological polar surface area (TPSA) is 94.4 Å². The van der Waals surface area contributed by atoms with E-state index in [1.807, 2.05) is 45.0 Å². The van der Waals surface area contributed by atoms with E-state index in [0.717, 1.165) is 29.7 Å². The maximum atomic E-state index is 12.4. The van der Waals surface area contributed by atoms with Gasteiger partial charge in [0.25, 0.3) is 0 Å². The molecular formula is C23H26ClN5O2. The summed E-state index contributed by atoms with van der Waals surface area (Å²) in [4.78, 5) is 19.0. The third-order valence-electron chi connectivity index (χ3n) is 5.82. The molecule has 3 heterocycles. The molecule has 1 aromatic carbocycles. The molecule has 0 spiro atoms. The molecule has 1 saturated heterocycles. The molecule has 1 aromatic heterocycles. The van der Waals surface area contributed by atoms with E-state index in [1.165, 1.54) is 0 Å². The minimum absolute atomic E-state index is 0.102. The number of carbonyl (C=O) groups is 1. The molecule has 7 nitrogen and oxygen atoms in total. The van der Waals surface area contributed by atoms with Gasteiger partial charge in [-0.15, -0.1) is 0 Å². The van der Waals surface area contributed by atoms with Crippen LogP contribution in [0, 0.1) is 23.2 Å². The van der Waals surface area contributed by atoms with Crippen LogP contribution in [0.2, 0.25) is 5.02 Å². The molecular weight excluding hydrogens is 414 g/mol. The summed E-state index contributed by atoms with van der Waals surface area (Å²) in [5.74, 6) is 0.109. The monoisotopic (exact) mass is 439 g/mol. The molecule has 2 aliphatic heterocycles. The van der Waals surface area contributed by atoms with Crippen molar-refractivity contribution in [1.82, 2.24) is 15.1 Å². The van der Waals surface area contributed by atoms with Gasteiger partial charge in [-0.05, 0) is 45.2 Å². The Morgan fingerprint density at radius 1 is 1.26 bits per heavy atom. The first-order chi connectivity index (χ1) is 14.8. The summed E-state index contributed by atoms with van der Waals surface area (Å²) in [6.45, 7) is 6.74. The Labute approximate surface area is 187 Å². The fourth-order valence-electron chi connectivity index (χ4n) is 4.40. The second-order valence-electron chi connectivity index (χ2n) is 9.06. The summed E-state index contributed by atoms with van der Waals surface area (Å²) < 4.78 is 5.50. The molecule has 0 aliphatic carbocycles. The van der Waals surface area contributed by atoms with Gasteiger partial charge in [-0.25, -0.2) is 9.79 Å². The summed E-state index contributed by atoms with van der Waals surface area (Å²) in [7, 11) is 0. The van der Waals surface area contributed by atoms with Gasteiger partial charge < -0.3 is 9.64 Å². The molecule has 2 unspecified atom stereocenters. The Bertz CT molecular complexity index is 1040. The number of likely N-dealkylation sites (tertiary alicyclic amines) is 1. The number of nitrogens with one attached hydrogen (secondary N) is 1. The number of piperidine rings is 1. The van der Waals surface area contributed by atoms with E-state index in [4.69, 9.17) is 21.3 Å². The average Bonchev–Trinajstić information content (AvgIpc) is 3.20. The number of nitrogens with zero attached hydrogens (tertiary/aromatic N) is 4. The van der Waals surface area contributed by atoms with Crippen LogP contribution in [-0.2, 0) is 4.74 Å². The van der Waals surface area contributed by atoms with Crippen molar-refractivity contribution in [3.63, 3.8) is 0 Å². The van der Waals surface area contributed by atoms with Gasteiger partial charge in [0.1, 0.15) is 5.60 Å². The summed E-state index contributed by atoms with van der Waals surface area (Å²) in [5.41, 5.74) is 2.10. The van der Waals surface area contributed by atoms with Crippen molar-refractivity contribution in [2.45, 2.75) is 45.1 Å². The van der Waals surface area contributed by atoms with Gasteiger partial charge in [0, 0.05) is 41.2 Å². The predicted octanol–water partition coefficient (Wildman–Crippen LogP) is 5.07. The molecule has 162 valence electrons. The average molecular weight is 440 g/mol. The van der Waals surface area contributed by atoms with E-state index in [9.17, 15) is 10.1 Å². The zero-order valence-corrected chi connectivity index (χ0v) is 18.7. The fourth-order valence-corrected chi connectivity index (χ4v) is 4.65. The second-order valence-corrected chi connectivity index (χ2v) is 9.47. The number of rotatable bonds is 2. The molecule has 1 amide bonds. The second kappa shape index (κ2) is 8.35. The highest BCUT2D eigenvalue weighted by Crippen LogP contribution is 2.45. The minimum Gasteiger partial charge on any atom is -0.444 e. The highest BCUT2D eigenvalue weighted by molar-refractivity contribution is 6.31. The van der Waals surface area contributed by atoms with Gasteiger partial charge in [-0.2, -0.15) is 10.4 Å². The Morgan fingerprint density at radius 3 is 2.61 bits per heavy atom. The Morgan fingerprint density at radius 2 is 1.97 bits per heavy atom. The summed E-state index contributed by atoms with van der Waals surface area (Å²) >= 11 is 6.52. The number of nitriles is 1. The number of amides is 1. The molecule has 1 N–H and O–H groups in total. The summed E-state index contributed by atoms with van der Waals surface area (Å²) in [6, 6.07) is 10.1. The van der Waals surface area contributed by atoms with E-state index < -0.39 is 11.5 Å². The number of aromatic amines is 1. The first kappa shape index (κ1) is 21.4. The van der Waals surface area contributed by atoms with Gasteiger partial charge in [0.05, 0.1) is 18.2 Å². The zero-order valence-electron chi connectivity index (χ0n) is 17.9. The number of halogens is 1. The highest BCUT2D eigenvalue weighted by atomic mass is 35.5. The van der Waals surface area contributed by atoms with Crippen molar-refractivity contribution < 1.29 is 9.53 Å². The van der Waals surface area contributed by atoms with Crippen molar-refractivity contribution >= 4 is 29.2 Å². The van der Waals surface area contributed by atoms with Crippen LogP contribution < -0.4 is 0 Å². The number of fused-ring (bicyclic) bond motifs is 1. The van der Waals surface area contributed by atoms with Gasteiger partial charge in [-0.3, -0.25) is 5.10 Å². The van der Waals surface area contributed by atoms with Crippen LogP contribution in [0.25, 0.3) is 0 Å². The molecule has 0 bridgehead atoms. The van der Waals surface area contributed by atoms with Crippen LogP contribution in [0.4, 0.5) is 10.6 Å². The number of aromatic nitrogens is 2. The number of hydrogen-bond acceptors (Lipinski definition) is 5. The van der Waals surface area contributed by atoms with Gasteiger partial charge in [0.2, 0.25) is 0 Å². The van der Waals surface area contributed by atoms with Crippen LogP contribution in [0.5, 0.6) is 0 Å². The number of ether oxygens (including phenoxy) is 1. The van der Waals surface area contributed by atoms with Gasteiger partial charge in [0.15, 0.2) is 5.82 Å². The third-order valence-corrected chi connectivity index (χ3v) is 6.16. The molecule has 31 heavy (non-hydrogen) atoms. The van der Waals surface area contributed by atoms with E-state index in [0.29, 0.717) is 23.9 Å². The van der Waals surface area contributed by atoms with E-state index >= 15 is 0 Å². The summed E-state index contributed by atoms with van der Waals surface area (Å²) in [6.07, 6.45) is 2.90. The zero-order chi connectivity index (χ0) is 22.2. The quantitative estimate of drug-likeness (QED) is 0.706. The molecule has 2 aliphatic rings. The van der Waals surface area contributed by atoms with Gasteiger partial charge >= 0.3 is 6.09 Å². The lowest BCUT2D eigenvalue weighted by molar-refractivity contribution is 0.0201. The number of aliphatic imine (C=N–C) groups is 1. The lowest BCUT2D eigenvalue weighted by Crippen LogP contribution is -2.44. The number of benzene rings is 1. The van der Waals surface area contributed by atoms with Crippen LogP contribution in [-0.4, -0.2) is 45.6 Å². The number of hydrogen-bond donors (Lipinski definition) is 1. The summed E-state index contributed by atoms with van der Waals surface area (Å²) in [5, 5.41) is 17.9. The van der Waals surface area contributed by atoms with Crippen LogP contribution >= 0.6 is 11.6 Å². The van der Waals surface area contributed by atoms with Crippen LogP contribution in [0.15, 0.2) is 35.5 Å². The minimum atomic E-state index is -0.521. The molecule has 1 fully saturated rings. The molecule has 2 aromatic rings. The number of carbonyl (C=O) groups excluding carboxylic acids is 1. The third kappa shape index (κ3) is 4.31. The molecule has 4 rings (SSSR count). The lowest BCUT2D eigenvalue weighted by atomic mass is 9.73. The van der Waals surface area contributed by atoms with E-state index in [1.54, 1.807) is 11.1 Å². The maximum Gasteiger partial charge on any atom is 0.410 e. The van der Waals surface area contributed by atoms with Crippen molar-refractivity contribution in [3.8, 4) is 6.07 Å².